The van der Waals surface area contributed by atoms with E-state index in [0.29, 0.717) is 13.0 Å². The van der Waals surface area contributed by atoms with E-state index in [1.807, 2.05) is 24.3 Å². The van der Waals surface area contributed by atoms with Crippen LogP contribution in [0, 0.1) is 11.2 Å². The van der Waals surface area contributed by atoms with Gasteiger partial charge in [0.2, 0.25) is 10.0 Å². The summed E-state index contributed by atoms with van der Waals surface area (Å²) in [4.78, 5) is 2.38. The second kappa shape index (κ2) is 7.96. The summed E-state index contributed by atoms with van der Waals surface area (Å²) in [6, 6.07) is 13.4. The number of halogens is 1. The lowest BCUT2D eigenvalue weighted by atomic mass is 9.69. The lowest BCUT2D eigenvalue weighted by molar-refractivity contribution is -0.0591. The quantitative estimate of drug-likeness (QED) is 0.770. The molecule has 0 spiro atoms. The van der Waals surface area contributed by atoms with E-state index in [2.05, 4.69) is 4.90 Å². The van der Waals surface area contributed by atoms with E-state index < -0.39 is 22.2 Å². The maximum Gasteiger partial charge on any atom is 0.217 e. The molecule has 166 valence electrons. The third kappa shape index (κ3) is 3.82. The predicted molar refractivity (Wildman–Crippen MR) is 118 cm³/mol. The molecule has 2 bridgehead atoms. The van der Waals surface area contributed by atoms with E-state index in [1.165, 1.54) is 16.4 Å². The highest BCUT2D eigenvalue weighted by Gasteiger charge is 2.47. The van der Waals surface area contributed by atoms with Gasteiger partial charge in [-0.1, -0.05) is 36.4 Å². The topological polar surface area (TPSA) is 60.9 Å². The maximum atomic E-state index is 13.7. The van der Waals surface area contributed by atoms with E-state index >= 15 is 0 Å². The minimum Gasteiger partial charge on any atom is -0.391 e. The van der Waals surface area contributed by atoms with Crippen LogP contribution in [0.5, 0.6) is 0 Å². The Morgan fingerprint density at radius 3 is 2.32 bits per heavy atom. The molecule has 1 N–H and O–H groups in total. The van der Waals surface area contributed by atoms with Gasteiger partial charge in [0.15, 0.2) is 0 Å². The Morgan fingerprint density at radius 2 is 1.65 bits per heavy atom. The maximum absolute atomic E-state index is 13.7. The molecule has 2 atom stereocenters. The van der Waals surface area contributed by atoms with Crippen LogP contribution in [0.2, 0.25) is 0 Å². The molecule has 4 aliphatic heterocycles. The van der Waals surface area contributed by atoms with Crippen LogP contribution < -0.4 is 0 Å². The summed E-state index contributed by atoms with van der Waals surface area (Å²) in [7, 11) is -3.74. The molecular weight excluding hydrogens is 415 g/mol. The average Bonchev–Trinajstić information content (AvgIpc) is 2.80. The van der Waals surface area contributed by atoms with Crippen molar-refractivity contribution in [1.29, 1.82) is 0 Å². The normalized spacial score (nSPS) is 29.5. The first-order valence-corrected chi connectivity index (χ1v) is 12.7. The molecule has 0 aliphatic carbocycles. The van der Waals surface area contributed by atoms with Crippen LogP contribution in [0.3, 0.4) is 0 Å². The fourth-order valence-corrected chi connectivity index (χ4v) is 7.53. The van der Waals surface area contributed by atoms with Gasteiger partial charge in [0.1, 0.15) is 5.82 Å². The number of nitrogens with zero attached hydrogens (tertiary/aromatic N) is 2. The van der Waals surface area contributed by atoms with Gasteiger partial charge in [0, 0.05) is 12.0 Å². The SMILES string of the molecule is O=S(=O)(CC(O)C12CCN(CC1)CC2)N1CCc2ccccc2[C@@H]1c1ccc(F)cc1. The molecule has 0 saturated carbocycles. The van der Waals surface area contributed by atoms with Crippen molar-refractivity contribution in [3.8, 4) is 0 Å². The summed E-state index contributed by atoms with van der Waals surface area (Å²) < 4.78 is 42.4. The zero-order valence-corrected chi connectivity index (χ0v) is 18.4. The van der Waals surface area contributed by atoms with Crippen molar-refractivity contribution >= 4 is 10.0 Å². The lowest BCUT2D eigenvalue weighted by Gasteiger charge is -2.51. The Balaban J connectivity index is 1.47. The van der Waals surface area contributed by atoms with Gasteiger partial charge in [0.05, 0.1) is 17.9 Å². The molecular formula is C24H29FN2O3S. The Kier molecular flexibility index (Phi) is 5.41. The highest BCUT2D eigenvalue weighted by atomic mass is 32.2. The van der Waals surface area contributed by atoms with E-state index in [0.717, 1.165) is 55.6 Å². The summed E-state index contributed by atoms with van der Waals surface area (Å²) >= 11 is 0. The molecule has 3 fully saturated rings. The smallest absolute Gasteiger partial charge is 0.217 e. The number of fused-ring (bicyclic) bond motifs is 4. The molecule has 2 aromatic carbocycles. The third-order valence-electron chi connectivity index (χ3n) is 7.64. The average molecular weight is 445 g/mol. The van der Waals surface area contributed by atoms with Gasteiger partial charge in [-0.15, -0.1) is 0 Å². The molecule has 2 aromatic rings. The minimum absolute atomic E-state index is 0.257. The Hall–Kier alpha value is -1.80. The standard InChI is InChI=1S/C24H29FN2O3S/c25-20-7-5-19(6-8-20)23-21-4-2-1-3-18(21)9-13-27(23)31(29,30)17-22(28)24-10-14-26(15-11-24)16-12-24/h1-8,22-23,28H,9-17H2/t22?,23-/m0/s1. The molecule has 4 aliphatic rings. The van der Waals surface area contributed by atoms with Crippen LogP contribution in [-0.2, 0) is 16.4 Å². The van der Waals surface area contributed by atoms with Gasteiger partial charge in [-0.3, -0.25) is 0 Å². The number of aliphatic hydroxyl groups is 1. The predicted octanol–water partition coefficient (Wildman–Crippen LogP) is 2.95. The molecule has 3 saturated heterocycles. The van der Waals surface area contributed by atoms with Gasteiger partial charge in [-0.05, 0) is 74.1 Å². The van der Waals surface area contributed by atoms with E-state index in [9.17, 15) is 17.9 Å². The van der Waals surface area contributed by atoms with Gasteiger partial charge >= 0.3 is 0 Å². The number of aliphatic hydroxyl groups excluding tert-OH is 1. The summed E-state index contributed by atoms with van der Waals surface area (Å²) in [5.74, 6) is -0.604. The van der Waals surface area contributed by atoms with Crippen molar-refractivity contribution < 1.29 is 17.9 Å². The second-order valence-corrected chi connectivity index (χ2v) is 11.2. The fraction of sp³-hybridized carbons (Fsp3) is 0.500. The number of piperidine rings is 3. The van der Waals surface area contributed by atoms with Crippen molar-refractivity contribution in [3.63, 3.8) is 0 Å². The first-order valence-electron chi connectivity index (χ1n) is 11.1. The first-order chi connectivity index (χ1) is 14.9. The number of benzene rings is 2. The molecule has 4 heterocycles. The monoisotopic (exact) mass is 444 g/mol. The Bertz CT molecular complexity index is 1030. The highest BCUT2D eigenvalue weighted by Crippen LogP contribution is 2.44. The highest BCUT2D eigenvalue weighted by molar-refractivity contribution is 7.89. The van der Waals surface area contributed by atoms with Crippen molar-refractivity contribution in [1.82, 2.24) is 9.21 Å². The van der Waals surface area contributed by atoms with Crippen LogP contribution in [0.25, 0.3) is 0 Å². The Labute approximate surface area is 183 Å². The van der Waals surface area contributed by atoms with Crippen LogP contribution in [0.1, 0.15) is 42.0 Å². The summed E-state index contributed by atoms with van der Waals surface area (Å²) in [6.07, 6.45) is 2.32. The zero-order chi connectivity index (χ0) is 21.6. The van der Waals surface area contributed by atoms with Gasteiger partial charge in [-0.25, -0.2) is 12.8 Å². The molecule has 0 radical (unpaired) electrons. The third-order valence-corrected chi connectivity index (χ3v) is 9.48. The van der Waals surface area contributed by atoms with Crippen molar-refractivity contribution in [2.24, 2.45) is 5.41 Å². The van der Waals surface area contributed by atoms with Crippen LogP contribution >= 0.6 is 0 Å². The minimum atomic E-state index is -3.74. The molecule has 1 unspecified atom stereocenters. The lowest BCUT2D eigenvalue weighted by Crippen LogP contribution is -2.55. The van der Waals surface area contributed by atoms with Crippen LogP contribution in [0.4, 0.5) is 4.39 Å². The van der Waals surface area contributed by atoms with E-state index in [-0.39, 0.29) is 17.0 Å². The fourth-order valence-electron chi connectivity index (χ4n) is 5.66. The van der Waals surface area contributed by atoms with Crippen molar-refractivity contribution in [2.75, 3.05) is 31.9 Å². The molecule has 0 amide bonds. The zero-order valence-electron chi connectivity index (χ0n) is 17.6. The van der Waals surface area contributed by atoms with E-state index in [1.54, 1.807) is 12.1 Å². The van der Waals surface area contributed by atoms with Gasteiger partial charge < -0.3 is 10.0 Å². The van der Waals surface area contributed by atoms with Crippen molar-refractivity contribution in [3.05, 3.63) is 71.0 Å². The molecule has 7 heteroatoms. The molecule has 5 nitrogen and oxygen atoms in total. The van der Waals surface area contributed by atoms with Gasteiger partial charge in [-0.2, -0.15) is 4.31 Å². The molecule has 0 aromatic heterocycles. The first kappa shape index (κ1) is 21.1. The second-order valence-electron chi connectivity index (χ2n) is 9.26. The summed E-state index contributed by atoms with van der Waals surface area (Å²) in [5.41, 5.74) is 2.50. The van der Waals surface area contributed by atoms with E-state index in [4.69, 9.17) is 0 Å². The summed E-state index contributed by atoms with van der Waals surface area (Å²) in [6.45, 7) is 3.17. The Morgan fingerprint density at radius 1 is 1.00 bits per heavy atom. The number of sulfonamides is 1. The largest absolute Gasteiger partial charge is 0.391 e. The summed E-state index contributed by atoms with van der Waals surface area (Å²) in [5, 5.41) is 11.1. The van der Waals surface area contributed by atoms with Crippen LogP contribution in [0.15, 0.2) is 48.5 Å². The molecule has 31 heavy (non-hydrogen) atoms. The number of hydrogen-bond acceptors (Lipinski definition) is 4. The van der Waals surface area contributed by atoms with Crippen molar-refractivity contribution in [2.45, 2.75) is 37.8 Å². The number of rotatable bonds is 5. The van der Waals surface area contributed by atoms with Crippen LogP contribution in [-0.4, -0.2) is 60.8 Å². The molecule has 6 rings (SSSR count). The number of hydrogen-bond donors (Lipinski definition) is 1. The van der Waals surface area contributed by atoms with Gasteiger partial charge in [0.25, 0.3) is 0 Å².